The zero-order valence-electron chi connectivity index (χ0n) is 28.9. The molecule has 13 nitrogen and oxygen atoms in total. The number of aromatic nitrogens is 1. The summed E-state index contributed by atoms with van der Waals surface area (Å²) in [4.78, 5) is 43.3. The third-order valence-electron chi connectivity index (χ3n) is 8.48. The number of hydrogen-bond acceptors (Lipinski definition) is 8. The summed E-state index contributed by atoms with van der Waals surface area (Å²) in [5.74, 6) is -0.256. The van der Waals surface area contributed by atoms with Gasteiger partial charge in [0.2, 0.25) is 0 Å². The van der Waals surface area contributed by atoms with Crippen molar-refractivity contribution >= 4 is 35.0 Å². The molecule has 0 fully saturated rings. The van der Waals surface area contributed by atoms with Gasteiger partial charge in [0.25, 0.3) is 5.91 Å². The van der Waals surface area contributed by atoms with Crippen molar-refractivity contribution in [2.45, 2.75) is 72.1 Å². The van der Waals surface area contributed by atoms with E-state index in [1.54, 1.807) is 50.9 Å². The first-order chi connectivity index (χ1) is 23.4. The molecule has 0 aliphatic carbocycles. The van der Waals surface area contributed by atoms with E-state index in [9.17, 15) is 23.9 Å². The highest BCUT2D eigenvalue weighted by atomic mass is 19.1. The number of amides is 5. The number of carbonyl (C=O) groups excluding carboxylic acids is 3. The molecular formula is C35H47FN6O7. The summed E-state index contributed by atoms with van der Waals surface area (Å²) < 4.78 is 31.1. The molecule has 4 rings (SSSR count). The van der Waals surface area contributed by atoms with E-state index in [0.717, 1.165) is 12.8 Å². The maximum atomic E-state index is 14.4. The van der Waals surface area contributed by atoms with Gasteiger partial charge in [-0.2, -0.15) is 0 Å². The standard InChI is InChI=1S/C35H47FN6O7/c1-21-18-42(22(2)20-43)33(44)29-17-28(37-34(45)39-32-24(4)40-49-25(32)5)14-15-30(29)48-23(3)9-7-8-16-47-31(21)19-41(6)35(46)38-27-12-10-26(36)11-13-27/h10-15,17,21-23,31,43H,7-9,16,18-20H2,1-6H3,(H,38,46)(H2,37,39,45)/t21-,22+,23+,31-/m0/s1. The van der Waals surface area contributed by atoms with Crippen LogP contribution < -0.4 is 20.7 Å². The van der Waals surface area contributed by atoms with E-state index in [-0.39, 0.29) is 37.3 Å². The Labute approximate surface area is 286 Å². The molecule has 14 heteroatoms. The summed E-state index contributed by atoms with van der Waals surface area (Å²) >= 11 is 0. The molecule has 1 aromatic heterocycles. The van der Waals surface area contributed by atoms with Crippen molar-refractivity contribution in [1.29, 1.82) is 0 Å². The zero-order valence-corrected chi connectivity index (χ0v) is 28.9. The summed E-state index contributed by atoms with van der Waals surface area (Å²) in [5.41, 5.74) is 2.01. The van der Waals surface area contributed by atoms with Crippen LogP contribution in [0.5, 0.6) is 5.75 Å². The van der Waals surface area contributed by atoms with Crippen molar-refractivity contribution < 1.29 is 37.9 Å². The van der Waals surface area contributed by atoms with Crippen molar-refractivity contribution in [3.63, 3.8) is 0 Å². The summed E-state index contributed by atoms with van der Waals surface area (Å²) in [6.07, 6.45) is 1.59. The van der Waals surface area contributed by atoms with Crippen LogP contribution in [0.1, 0.15) is 61.8 Å². The van der Waals surface area contributed by atoms with E-state index < -0.39 is 35.9 Å². The Kier molecular flexibility index (Phi) is 13.0. The minimum Gasteiger partial charge on any atom is -0.490 e. The minimum atomic E-state index is -0.576. The van der Waals surface area contributed by atoms with Gasteiger partial charge in [0.05, 0.1) is 30.4 Å². The Balaban J connectivity index is 1.58. The van der Waals surface area contributed by atoms with Crippen molar-refractivity contribution in [3.8, 4) is 5.75 Å². The molecule has 0 saturated carbocycles. The molecular weight excluding hydrogens is 635 g/mol. The number of likely N-dealkylation sites (N-methyl/N-ethyl adjacent to an activating group) is 1. The predicted molar refractivity (Wildman–Crippen MR) is 184 cm³/mol. The molecule has 4 N–H and O–H groups in total. The number of anilines is 3. The number of nitrogens with one attached hydrogen (secondary N) is 3. The van der Waals surface area contributed by atoms with Crippen LogP contribution in [0.4, 0.5) is 31.0 Å². The fraction of sp³-hybridized carbons (Fsp3) is 0.486. The van der Waals surface area contributed by atoms with Crippen LogP contribution in [-0.4, -0.2) is 89.6 Å². The summed E-state index contributed by atoms with van der Waals surface area (Å²) in [6, 6.07) is 8.87. The maximum Gasteiger partial charge on any atom is 0.323 e. The number of aliphatic hydroxyl groups excluding tert-OH is 1. The molecule has 2 heterocycles. The lowest BCUT2D eigenvalue weighted by Gasteiger charge is -2.35. The number of hydrogen-bond donors (Lipinski definition) is 4. The minimum absolute atomic E-state index is 0.192. The van der Waals surface area contributed by atoms with Crippen molar-refractivity contribution in [2.24, 2.45) is 5.92 Å². The van der Waals surface area contributed by atoms with E-state index in [2.05, 4.69) is 21.1 Å². The molecule has 266 valence electrons. The Morgan fingerprint density at radius 1 is 1.08 bits per heavy atom. The van der Waals surface area contributed by atoms with Crippen LogP contribution in [0.3, 0.4) is 0 Å². The molecule has 0 spiro atoms. The van der Waals surface area contributed by atoms with Gasteiger partial charge in [-0.05, 0) is 89.4 Å². The van der Waals surface area contributed by atoms with Gasteiger partial charge >= 0.3 is 12.1 Å². The molecule has 49 heavy (non-hydrogen) atoms. The Morgan fingerprint density at radius 2 is 1.80 bits per heavy atom. The zero-order chi connectivity index (χ0) is 35.7. The monoisotopic (exact) mass is 682 g/mol. The summed E-state index contributed by atoms with van der Waals surface area (Å²) in [5, 5.41) is 22.3. The number of halogens is 1. The molecule has 0 bridgehead atoms. The SMILES string of the molecule is Cc1noc(C)c1NC(=O)Nc1ccc2c(c1)C(=O)N([C@H](C)CO)C[C@H](C)[C@H](CN(C)C(=O)Nc1ccc(F)cc1)OCCCC[C@@H](C)O2. The van der Waals surface area contributed by atoms with Crippen LogP contribution in [0, 0.1) is 25.6 Å². The smallest absolute Gasteiger partial charge is 0.323 e. The summed E-state index contributed by atoms with van der Waals surface area (Å²) in [7, 11) is 1.64. The number of fused-ring (bicyclic) bond motifs is 1. The highest BCUT2D eigenvalue weighted by molar-refractivity contribution is 6.03. The van der Waals surface area contributed by atoms with Gasteiger partial charge in [0.15, 0.2) is 5.76 Å². The van der Waals surface area contributed by atoms with Crippen LogP contribution in [-0.2, 0) is 4.74 Å². The molecule has 0 saturated heterocycles. The normalized spacial score (nSPS) is 19.6. The van der Waals surface area contributed by atoms with Gasteiger partial charge < -0.3 is 44.9 Å². The van der Waals surface area contributed by atoms with Crippen molar-refractivity contribution in [3.05, 3.63) is 65.3 Å². The number of aryl methyl sites for hydroxylation is 2. The average Bonchev–Trinajstić information content (AvgIpc) is 3.38. The lowest BCUT2D eigenvalue weighted by molar-refractivity contribution is -0.0115. The second kappa shape index (κ2) is 17.1. The molecule has 4 atom stereocenters. The van der Waals surface area contributed by atoms with E-state index in [0.29, 0.717) is 47.3 Å². The quantitative estimate of drug-likeness (QED) is 0.235. The first kappa shape index (κ1) is 37.1. The van der Waals surface area contributed by atoms with Crippen LogP contribution >= 0.6 is 0 Å². The van der Waals surface area contributed by atoms with Gasteiger partial charge in [-0.3, -0.25) is 4.79 Å². The Hall–Kier alpha value is -4.69. The number of ether oxygens (including phenoxy) is 2. The second-order valence-corrected chi connectivity index (χ2v) is 12.6. The Bertz CT molecular complexity index is 1560. The molecule has 1 aliphatic rings. The molecule has 3 aromatic rings. The average molecular weight is 683 g/mol. The van der Waals surface area contributed by atoms with Gasteiger partial charge in [-0.15, -0.1) is 0 Å². The third-order valence-corrected chi connectivity index (χ3v) is 8.48. The molecule has 1 aliphatic heterocycles. The topological polar surface area (TPSA) is 158 Å². The number of urea groups is 2. The highest BCUT2D eigenvalue weighted by Gasteiger charge is 2.31. The van der Waals surface area contributed by atoms with E-state index in [4.69, 9.17) is 14.0 Å². The van der Waals surface area contributed by atoms with Gasteiger partial charge in [-0.25, -0.2) is 14.0 Å². The van der Waals surface area contributed by atoms with E-state index in [1.165, 1.54) is 29.2 Å². The van der Waals surface area contributed by atoms with Gasteiger partial charge in [-0.1, -0.05) is 12.1 Å². The number of rotatable bonds is 7. The van der Waals surface area contributed by atoms with E-state index in [1.807, 2.05) is 13.8 Å². The highest BCUT2D eigenvalue weighted by Crippen LogP contribution is 2.29. The van der Waals surface area contributed by atoms with Crippen LogP contribution in [0.15, 0.2) is 47.0 Å². The lowest BCUT2D eigenvalue weighted by Crippen LogP contribution is -2.48. The van der Waals surface area contributed by atoms with Gasteiger partial charge in [0, 0.05) is 44.0 Å². The lowest BCUT2D eigenvalue weighted by atomic mass is 10.0. The fourth-order valence-corrected chi connectivity index (χ4v) is 5.51. The predicted octanol–water partition coefficient (Wildman–Crippen LogP) is 6.03. The largest absolute Gasteiger partial charge is 0.490 e. The molecule has 5 amide bonds. The number of benzene rings is 2. The Morgan fingerprint density at radius 3 is 2.47 bits per heavy atom. The van der Waals surface area contributed by atoms with Crippen LogP contribution in [0.25, 0.3) is 0 Å². The van der Waals surface area contributed by atoms with Crippen molar-refractivity contribution in [2.75, 3.05) is 49.3 Å². The molecule has 2 aromatic carbocycles. The number of carbonyl (C=O) groups is 3. The number of aliphatic hydroxyl groups is 1. The first-order valence-electron chi connectivity index (χ1n) is 16.5. The molecule has 0 radical (unpaired) electrons. The first-order valence-corrected chi connectivity index (χ1v) is 16.5. The summed E-state index contributed by atoms with van der Waals surface area (Å²) in [6.45, 7) is 9.56. The van der Waals surface area contributed by atoms with Gasteiger partial charge in [0.1, 0.15) is 22.9 Å². The number of nitrogens with zero attached hydrogens (tertiary/aromatic N) is 3. The molecule has 0 unspecified atom stereocenters. The fourth-order valence-electron chi connectivity index (χ4n) is 5.51. The second-order valence-electron chi connectivity index (χ2n) is 12.6. The van der Waals surface area contributed by atoms with E-state index >= 15 is 0 Å². The maximum absolute atomic E-state index is 14.4. The third kappa shape index (κ3) is 10.2. The van der Waals surface area contributed by atoms with Crippen LogP contribution in [0.2, 0.25) is 0 Å². The van der Waals surface area contributed by atoms with Crippen molar-refractivity contribution in [1.82, 2.24) is 15.0 Å².